The van der Waals surface area contributed by atoms with Crippen molar-refractivity contribution in [3.8, 4) is 0 Å². The number of anilines is 2. The summed E-state index contributed by atoms with van der Waals surface area (Å²) < 4.78 is 5.39. The Balaban J connectivity index is 2.16. The summed E-state index contributed by atoms with van der Waals surface area (Å²) >= 11 is 0. The Morgan fingerprint density at radius 1 is 1.31 bits per heavy atom. The smallest absolute Gasteiger partial charge is 0.0488 e. The minimum Gasteiger partial charge on any atom is -0.398 e. The lowest BCUT2D eigenvalue weighted by Gasteiger charge is -2.36. The molecule has 0 radical (unpaired) electrons. The fourth-order valence-corrected chi connectivity index (χ4v) is 2.06. The molecule has 1 heterocycles. The molecule has 1 aromatic carbocycles. The quantitative estimate of drug-likeness (QED) is 0.753. The van der Waals surface area contributed by atoms with Gasteiger partial charge in [0.25, 0.3) is 0 Å². The second-order valence-corrected chi connectivity index (χ2v) is 4.82. The average molecular weight is 220 g/mol. The Morgan fingerprint density at radius 3 is 2.69 bits per heavy atom. The number of nitrogens with one attached hydrogen (secondary N) is 1. The van der Waals surface area contributed by atoms with Gasteiger partial charge in [0.05, 0.1) is 0 Å². The Bertz CT molecular complexity index is 370. The maximum atomic E-state index is 5.90. The van der Waals surface area contributed by atoms with Crippen molar-refractivity contribution >= 4 is 11.4 Å². The minimum absolute atomic E-state index is 0.136. The van der Waals surface area contributed by atoms with Crippen molar-refractivity contribution in [2.75, 3.05) is 24.3 Å². The molecular formula is C13H20N2O. The summed E-state index contributed by atoms with van der Waals surface area (Å²) in [5, 5.41) is 3.61. The number of nitrogens with two attached hydrogens (primary N) is 1. The predicted molar refractivity (Wildman–Crippen MR) is 67.7 cm³/mol. The maximum absolute atomic E-state index is 5.90. The van der Waals surface area contributed by atoms with Crippen molar-refractivity contribution in [3.05, 3.63) is 23.8 Å². The molecule has 3 heteroatoms. The van der Waals surface area contributed by atoms with Gasteiger partial charge in [-0.25, -0.2) is 0 Å². The number of nitrogen functional groups attached to an aromatic ring is 1. The van der Waals surface area contributed by atoms with Gasteiger partial charge in [-0.15, -0.1) is 0 Å². The molecular weight excluding hydrogens is 200 g/mol. The lowest BCUT2D eigenvalue weighted by atomic mass is 9.91. The van der Waals surface area contributed by atoms with Gasteiger partial charge in [0.2, 0.25) is 0 Å². The molecule has 0 aromatic heterocycles. The van der Waals surface area contributed by atoms with E-state index in [-0.39, 0.29) is 5.54 Å². The van der Waals surface area contributed by atoms with E-state index in [0.29, 0.717) is 0 Å². The van der Waals surface area contributed by atoms with Gasteiger partial charge >= 0.3 is 0 Å². The summed E-state index contributed by atoms with van der Waals surface area (Å²) in [5.41, 5.74) is 9.17. The van der Waals surface area contributed by atoms with E-state index in [0.717, 1.165) is 43.0 Å². The predicted octanol–water partition coefficient (Wildman–Crippen LogP) is 2.56. The van der Waals surface area contributed by atoms with Gasteiger partial charge in [-0.05, 0) is 44.4 Å². The second-order valence-electron chi connectivity index (χ2n) is 4.82. The number of rotatable bonds is 2. The van der Waals surface area contributed by atoms with Crippen LogP contribution >= 0.6 is 0 Å². The number of ether oxygens (including phenoxy) is 1. The van der Waals surface area contributed by atoms with E-state index in [2.05, 4.69) is 25.2 Å². The molecule has 2 rings (SSSR count). The molecule has 3 nitrogen and oxygen atoms in total. The molecule has 0 bridgehead atoms. The van der Waals surface area contributed by atoms with Crippen LogP contribution in [0, 0.1) is 6.92 Å². The first-order chi connectivity index (χ1) is 7.61. The summed E-state index contributed by atoms with van der Waals surface area (Å²) in [6, 6.07) is 6.02. The lowest BCUT2D eigenvalue weighted by molar-refractivity contribution is 0.0658. The maximum Gasteiger partial charge on any atom is 0.0488 e. The standard InChI is InChI=1S/C13H20N2O/c1-10-11(14)4-3-5-12(10)15-13(2)6-8-16-9-7-13/h3-5,15H,6-9,14H2,1-2H3. The molecule has 0 saturated carbocycles. The van der Waals surface area contributed by atoms with Crippen LogP contribution < -0.4 is 11.1 Å². The van der Waals surface area contributed by atoms with E-state index >= 15 is 0 Å². The zero-order valence-corrected chi connectivity index (χ0v) is 10.0. The Hall–Kier alpha value is -1.22. The minimum atomic E-state index is 0.136. The third-order valence-corrected chi connectivity index (χ3v) is 3.41. The van der Waals surface area contributed by atoms with Crippen molar-refractivity contribution in [1.29, 1.82) is 0 Å². The summed E-state index contributed by atoms with van der Waals surface area (Å²) in [4.78, 5) is 0. The molecule has 1 saturated heterocycles. The number of hydrogen-bond acceptors (Lipinski definition) is 3. The summed E-state index contributed by atoms with van der Waals surface area (Å²) in [5.74, 6) is 0. The third-order valence-electron chi connectivity index (χ3n) is 3.41. The van der Waals surface area contributed by atoms with E-state index in [9.17, 15) is 0 Å². The van der Waals surface area contributed by atoms with Crippen molar-refractivity contribution in [3.63, 3.8) is 0 Å². The van der Waals surface area contributed by atoms with Crippen LogP contribution in [-0.2, 0) is 4.74 Å². The fraction of sp³-hybridized carbons (Fsp3) is 0.538. The van der Waals surface area contributed by atoms with Crippen molar-refractivity contribution < 1.29 is 4.74 Å². The second kappa shape index (κ2) is 4.34. The molecule has 1 aliphatic rings. The molecule has 3 N–H and O–H groups in total. The van der Waals surface area contributed by atoms with E-state index in [1.165, 1.54) is 0 Å². The fourth-order valence-electron chi connectivity index (χ4n) is 2.06. The highest BCUT2D eigenvalue weighted by molar-refractivity contribution is 5.63. The van der Waals surface area contributed by atoms with Gasteiger partial charge in [-0.1, -0.05) is 6.07 Å². The lowest BCUT2D eigenvalue weighted by Crippen LogP contribution is -2.40. The average Bonchev–Trinajstić information content (AvgIpc) is 2.26. The Labute approximate surface area is 97.0 Å². The van der Waals surface area contributed by atoms with Gasteiger partial charge in [0.15, 0.2) is 0 Å². The first-order valence-electron chi connectivity index (χ1n) is 5.82. The highest BCUT2D eigenvalue weighted by atomic mass is 16.5. The van der Waals surface area contributed by atoms with Crippen LogP contribution in [0.25, 0.3) is 0 Å². The Morgan fingerprint density at radius 2 is 2.00 bits per heavy atom. The normalized spacial score (nSPS) is 19.4. The van der Waals surface area contributed by atoms with Crippen LogP contribution in [0.2, 0.25) is 0 Å². The molecule has 0 amide bonds. The highest BCUT2D eigenvalue weighted by Crippen LogP contribution is 2.29. The number of benzene rings is 1. The van der Waals surface area contributed by atoms with E-state index in [1.54, 1.807) is 0 Å². The van der Waals surface area contributed by atoms with E-state index in [1.807, 2.05) is 12.1 Å². The van der Waals surface area contributed by atoms with Crippen LogP contribution in [0.4, 0.5) is 11.4 Å². The molecule has 1 aromatic rings. The van der Waals surface area contributed by atoms with Crippen molar-refractivity contribution in [2.24, 2.45) is 0 Å². The molecule has 16 heavy (non-hydrogen) atoms. The first kappa shape index (κ1) is 11.3. The summed E-state index contributed by atoms with van der Waals surface area (Å²) in [7, 11) is 0. The molecule has 0 atom stereocenters. The number of hydrogen-bond donors (Lipinski definition) is 2. The highest BCUT2D eigenvalue weighted by Gasteiger charge is 2.27. The van der Waals surface area contributed by atoms with Crippen LogP contribution in [-0.4, -0.2) is 18.8 Å². The van der Waals surface area contributed by atoms with Crippen molar-refractivity contribution in [1.82, 2.24) is 0 Å². The molecule has 0 aliphatic carbocycles. The van der Waals surface area contributed by atoms with Crippen LogP contribution in [0.1, 0.15) is 25.3 Å². The topological polar surface area (TPSA) is 47.3 Å². The van der Waals surface area contributed by atoms with Crippen LogP contribution in [0.15, 0.2) is 18.2 Å². The molecule has 1 fully saturated rings. The van der Waals surface area contributed by atoms with Gasteiger partial charge in [-0.2, -0.15) is 0 Å². The molecule has 0 spiro atoms. The SMILES string of the molecule is Cc1c(N)cccc1NC1(C)CCOCC1. The molecule has 1 aliphatic heterocycles. The van der Waals surface area contributed by atoms with Gasteiger partial charge in [-0.3, -0.25) is 0 Å². The summed E-state index contributed by atoms with van der Waals surface area (Å²) in [6.07, 6.45) is 2.09. The van der Waals surface area contributed by atoms with Gasteiger partial charge in [0.1, 0.15) is 0 Å². The molecule has 88 valence electrons. The summed E-state index contributed by atoms with van der Waals surface area (Å²) in [6.45, 7) is 5.98. The molecule has 0 unspecified atom stereocenters. The van der Waals surface area contributed by atoms with Gasteiger partial charge in [0, 0.05) is 30.1 Å². The van der Waals surface area contributed by atoms with Crippen molar-refractivity contribution in [2.45, 2.75) is 32.2 Å². The largest absolute Gasteiger partial charge is 0.398 e. The monoisotopic (exact) mass is 220 g/mol. The van der Waals surface area contributed by atoms with Gasteiger partial charge < -0.3 is 15.8 Å². The first-order valence-corrected chi connectivity index (χ1v) is 5.82. The van der Waals surface area contributed by atoms with E-state index in [4.69, 9.17) is 10.5 Å². The zero-order chi connectivity index (χ0) is 11.6. The Kier molecular flexibility index (Phi) is 3.06. The zero-order valence-electron chi connectivity index (χ0n) is 10.0. The third kappa shape index (κ3) is 2.30. The van der Waals surface area contributed by atoms with Crippen LogP contribution in [0.5, 0.6) is 0 Å². The van der Waals surface area contributed by atoms with E-state index < -0.39 is 0 Å². The van der Waals surface area contributed by atoms with Crippen LogP contribution in [0.3, 0.4) is 0 Å².